The predicted molar refractivity (Wildman–Crippen MR) is 112 cm³/mol. The quantitative estimate of drug-likeness (QED) is 0.719. The number of hydrogen-bond donors (Lipinski definition) is 0. The molecule has 2 aromatic rings. The van der Waals surface area contributed by atoms with Gasteiger partial charge in [0.25, 0.3) is 5.91 Å². The third-order valence-electron chi connectivity index (χ3n) is 6.11. The predicted octanol–water partition coefficient (Wildman–Crippen LogP) is 2.84. The number of carbonyl (C=O) groups excluding carboxylic acids is 1. The van der Waals surface area contributed by atoms with E-state index in [-0.39, 0.29) is 12.0 Å². The van der Waals surface area contributed by atoms with Crippen molar-refractivity contribution >= 4 is 11.7 Å². The summed E-state index contributed by atoms with van der Waals surface area (Å²) in [5, 5.41) is 4.27. The Balaban J connectivity index is 1.25. The molecule has 0 N–H and O–H groups in total. The van der Waals surface area contributed by atoms with Gasteiger partial charge in [0.15, 0.2) is 0 Å². The summed E-state index contributed by atoms with van der Waals surface area (Å²) in [6, 6.07) is 5.81. The number of hydrogen-bond acceptors (Lipinski definition) is 5. The Morgan fingerprint density at radius 1 is 1.28 bits per heavy atom. The number of piperidine rings is 1. The van der Waals surface area contributed by atoms with E-state index in [9.17, 15) is 4.79 Å². The number of ether oxygens (including phenoxy) is 1. The summed E-state index contributed by atoms with van der Waals surface area (Å²) in [5.41, 5.74) is 0.675. The number of pyridine rings is 1. The Labute approximate surface area is 172 Å². The SMILES string of the molecule is CN(C[C@@H]1CCCO1)c1ccc(C(=O)N2CCC(CCn3cccn3)CC2)cn1. The molecule has 2 fully saturated rings. The van der Waals surface area contributed by atoms with Crippen LogP contribution in [0, 0.1) is 5.92 Å². The van der Waals surface area contributed by atoms with Crippen molar-refractivity contribution in [2.75, 3.05) is 38.2 Å². The standard InChI is InChI=1S/C22H31N5O2/c1-25(17-20-4-2-15-29-20)21-6-5-19(16-23-21)22(28)26-12-7-18(8-13-26)9-14-27-11-3-10-24-27/h3,5-6,10-11,16,18,20H,2,4,7-9,12-15,17H2,1H3/t20-/m0/s1. The van der Waals surface area contributed by atoms with E-state index in [2.05, 4.69) is 15.0 Å². The second kappa shape index (κ2) is 9.39. The molecule has 0 radical (unpaired) electrons. The van der Waals surface area contributed by atoms with Crippen molar-refractivity contribution in [2.24, 2.45) is 5.92 Å². The van der Waals surface area contributed by atoms with Crippen molar-refractivity contribution in [1.29, 1.82) is 0 Å². The van der Waals surface area contributed by atoms with Crippen LogP contribution in [0.1, 0.15) is 42.5 Å². The lowest BCUT2D eigenvalue weighted by atomic mass is 9.93. The van der Waals surface area contributed by atoms with Crippen LogP contribution in [0.5, 0.6) is 0 Å². The highest BCUT2D eigenvalue weighted by molar-refractivity contribution is 5.94. The van der Waals surface area contributed by atoms with Crippen molar-refractivity contribution in [3.8, 4) is 0 Å². The van der Waals surface area contributed by atoms with Gasteiger partial charge in [-0.15, -0.1) is 0 Å². The van der Waals surface area contributed by atoms with E-state index in [1.807, 2.05) is 47.2 Å². The molecule has 0 unspecified atom stereocenters. The van der Waals surface area contributed by atoms with E-state index >= 15 is 0 Å². The third kappa shape index (κ3) is 5.15. The summed E-state index contributed by atoms with van der Waals surface area (Å²) in [5.74, 6) is 1.64. The largest absolute Gasteiger partial charge is 0.376 e. The second-order valence-corrected chi connectivity index (χ2v) is 8.21. The van der Waals surface area contributed by atoms with Gasteiger partial charge in [0.2, 0.25) is 0 Å². The monoisotopic (exact) mass is 397 g/mol. The van der Waals surface area contributed by atoms with E-state index < -0.39 is 0 Å². The topological polar surface area (TPSA) is 63.5 Å². The van der Waals surface area contributed by atoms with Crippen LogP contribution in [0.2, 0.25) is 0 Å². The van der Waals surface area contributed by atoms with E-state index in [1.54, 1.807) is 6.20 Å². The molecule has 0 saturated carbocycles. The van der Waals surface area contributed by atoms with Gasteiger partial charge in [0.1, 0.15) is 5.82 Å². The van der Waals surface area contributed by atoms with Gasteiger partial charge in [-0.05, 0) is 56.2 Å². The van der Waals surface area contributed by atoms with E-state index in [0.717, 1.165) is 70.7 Å². The summed E-state index contributed by atoms with van der Waals surface area (Å²) in [6.07, 6.45) is 11.3. The van der Waals surface area contributed by atoms with Crippen LogP contribution in [-0.2, 0) is 11.3 Å². The number of anilines is 1. The normalized spacial score (nSPS) is 20.2. The Kier molecular flexibility index (Phi) is 6.44. The molecule has 1 atom stereocenters. The molecule has 2 saturated heterocycles. The maximum Gasteiger partial charge on any atom is 0.255 e. The molecule has 7 nitrogen and oxygen atoms in total. The summed E-state index contributed by atoms with van der Waals surface area (Å²) < 4.78 is 7.68. The van der Waals surface area contributed by atoms with Crippen molar-refractivity contribution < 1.29 is 9.53 Å². The molecule has 2 aromatic heterocycles. The fraction of sp³-hybridized carbons (Fsp3) is 0.591. The second-order valence-electron chi connectivity index (χ2n) is 8.21. The molecule has 0 bridgehead atoms. The van der Waals surface area contributed by atoms with Crippen LogP contribution < -0.4 is 4.90 Å². The van der Waals surface area contributed by atoms with Crippen LogP contribution in [0.25, 0.3) is 0 Å². The van der Waals surface area contributed by atoms with Gasteiger partial charge >= 0.3 is 0 Å². The summed E-state index contributed by atoms with van der Waals surface area (Å²) in [6.45, 7) is 4.30. The smallest absolute Gasteiger partial charge is 0.255 e. The summed E-state index contributed by atoms with van der Waals surface area (Å²) in [4.78, 5) is 21.4. The van der Waals surface area contributed by atoms with Crippen LogP contribution >= 0.6 is 0 Å². The fourth-order valence-electron chi connectivity index (χ4n) is 4.28. The number of likely N-dealkylation sites (N-methyl/N-ethyl adjacent to an activating group) is 1. The van der Waals surface area contributed by atoms with Gasteiger partial charge in [-0.2, -0.15) is 5.10 Å². The van der Waals surface area contributed by atoms with E-state index in [1.165, 1.54) is 0 Å². The van der Waals surface area contributed by atoms with Crippen LogP contribution in [0.15, 0.2) is 36.8 Å². The lowest BCUT2D eigenvalue weighted by Crippen LogP contribution is -2.38. The number of nitrogens with zero attached hydrogens (tertiary/aromatic N) is 5. The zero-order valence-corrected chi connectivity index (χ0v) is 17.2. The van der Waals surface area contributed by atoms with Gasteiger partial charge in [0, 0.05) is 58.4 Å². The number of aryl methyl sites for hydroxylation is 1. The fourth-order valence-corrected chi connectivity index (χ4v) is 4.28. The Bertz CT molecular complexity index is 763. The van der Waals surface area contributed by atoms with Gasteiger partial charge in [-0.3, -0.25) is 9.48 Å². The molecule has 2 aliphatic heterocycles. The number of amides is 1. The lowest BCUT2D eigenvalue weighted by Gasteiger charge is -2.32. The Morgan fingerprint density at radius 3 is 2.79 bits per heavy atom. The molecule has 0 aromatic carbocycles. The van der Waals surface area contributed by atoms with E-state index in [0.29, 0.717) is 11.5 Å². The number of likely N-dealkylation sites (tertiary alicyclic amines) is 1. The average molecular weight is 398 g/mol. The number of carbonyl (C=O) groups is 1. The molecule has 2 aliphatic rings. The first kappa shape index (κ1) is 19.9. The summed E-state index contributed by atoms with van der Waals surface area (Å²) >= 11 is 0. The zero-order valence-electron chi connectivity index (χ0n) is 17.2. The molecule has 156 valence electrons. The number of aromatic nitrogens is 3. The van der Waals surface area contributed by atoms with Gasteiger partial charge < -0.3 is 14.5 Å². The maximum atomic E-state index is 12.8. The highest BCUT2D eigenvalue weighted by Gasteiger charge is 2.24. The molecule has 0 spiro atoms. The molecule has 1 amide bonds. The molecule has 7 heteroatoms. The first-order valence-corrected chi connectivity index (χ1v) is 10.7. The van der Waals surface area contributed by atoms with Gasteiger partial charge in [0.05, 0.1) is 11.7 Å². The number of rotatable bonds is 7. The molecule has 4 heterocycles. The minimum Gasteiger partial charge on any atom is -0.376 e. The van der Waals surface area contributed by atoms with Gasteiger partial charge in [-0.1, -0.05) is 0 Å². The zero-order chi connectivity index (χ0) is 20.1. The van der Waals surface area contributed by atoms with Crippen LogP contribution in [0.3, 0.4) is 0 Å². The third-order valence-corrected chi connectivity index (χ3v) is 6.11. The molecular formula is C22H31N5O2. The first-order valence-electron chi connectivity index (χ1n) is 10.7. The molecule has 4 rings (SSSR count). The maximum absolute atomic E-state index is 12.8. The minimum atomic E-state index is 0.0938. The van der Waals surface area contributed by atoms with Gasteiger partial charge in [-0.25, -0.2) is 4.98 Å². The Hall–Kier alpha value is -2.41. The first-order chi connectivity index (χ1) is 14.2. The molecule has 0 aliphatic carbocycles. The lowest BCUT2D eigenvalue weighted by molar-refractivity contribution is 0.0684. The van der Waals surface area contributed by atoms with E-state index in [4.69, 9.17) is 4.74 Å². The molecular weight excluding hydrogens is 366 g/mol. The summed E-state index contributed by atoms with van der Waals surface area (Å²) in [7, 11) is 2.03. The van der Waals surface area contributed by atoms with Crippen molar-refractivity contribution in [3.05, 3.63) is 42.4 Å². The van der Waals surface area contributed by atoms with Crippen LogP contribution in [-0.4, -0.2) is 65.0 Å². The van der Waals surface area contributed by atoms with Crippen molar-refractivity contribution in [3.63, 3.8) is 0 Å². The average Bonchev–Trinajstić information content (AvgIpc) is 3.46. The van der Waals surface area contributed by atoms with Crippen molar-refractivity contribution in [1.82, 2.24) is 19.7 Å². The minimum absolute atomic E-state index is 0.0938. The van der Waals surface area contributed by atoms with Crippen LogP contribution in [0.4, 0.5) is 5.82 Å². The van der Waals surface area contributed by atoms with Crippen molar-refractivity contribution in [2.45, 2.75) is 44.8 Å². The Morgan fingerprint density at radius 2 is 2.14 bits per heavy atom. The highest BCUT2D eigenvalue weighted by atomic mass is 16.5. The molecule has 29 heavy (non-hydrogen) atoms. The highest BCUT2D eigenvalue weighted by Crippen LogP contribution is 2.23.